The second-order valence-corrected chi connectivity index (χ2v) is 8.17. The van der Waals surface area contributed by atoms with Gasteiger partial charge in [0.05, 0.1) is 28.3 Å². The van der Waals surface area contributed by atoms with Crippen molar-refractivity contribution in [3.05, 3.63) is 41.3 Å². The number of fused-ring (bicyclic) bond motifs is 1. The summed E-state index contributed by atoms with van der Waals surface area (Å²) < 4.78 is 36.1. The summed E-state index contributed by atoms with van der Waals surface area (Å²) in [5.74, 6) is -0.377. The van der Waals surface area contributed by atoms with Gasteiger partial charge in [0, 0.05) is 18.0 Å². The van der Waals surface area contributed by atoms with Crippen LogP contribution in [0.5, 0.6) is 0 Å². The molecule has 1 unspecified atom stereocenters. The van der Waals surface area contributed by atoms with Crippen molar-refractivity contribution in [2.75, 3.05) is 18.1 Å². The number of amides is 1. The Morgan fingerprint density at radius 3 is 2.87 bits per heavy atom. The molecule has 1 aliphatic rings. The van der Waals surface area contributed by atoms with Crippen LogP contribution in [0.2, 0.25) is 0 Å². The number of aromatic nitrogens is 1. The number of nitrogens with zero attached hydrogens (tertiary/aromatic N) is 1. The van der Waals surface area contributed by atoms with Crippen molar-refractivity contribution in [2.24, 2.45) is 5.92 Å². The minimum Gasteiger partial charge on any atom is -0.352 e. The SMILES string of the molecule is Cc1nc2cc(F)ccc2cc1C(=O)NCC1CCS(=O)(=O)C1. The molecule has 122 valence electrons. The molecule has 0 bridgehead atoms. The van der Waals surface area contributed by atoms with E-state index in [1.54, 1.807) is 19.1 Å². The van der Waals surface area contributed by atoms with Crippen molar-refractivity contribution >= 4 is 26.6 Å². The second kappa shape index (κ2) is 5.88. The van der Waals surface area contributed by atoms with Crippen LogP contribution in [0, 0.1) is 18.7 Å². The summed E-state index contributed by atoms with van der Waals surface area (Å²) in [6, 6.07) is 5.91. The minimum atomic E-state index is -2.95. The van der Waals surface area contributed by atoms with Crippen molar-refractivity contribution in [2.45, 2.75) is 13.3 Å². The standard InChI is InChI=1S/C16H17FN2O3S/c1-10-14(6-12-2-3-13(17)7-15(12)19-10)16(20)18-8-11-4-5-23(21,22)9-11/h2-3,6-7,11H,4-5,8-9H2,1H3,(H,18,20). The van der Waals surface area contributed by atoms with Gasteiger partial charge in [-0.3, -0.25) is 9.78 Å². The van der Waals surface area contributed by atoms with Gasteiger partial charge in [0.1, 0.15) is 5.82 Å². The van der Waals surface area contributed by atoms with Crippen molar-refractivity contribution in [3.8, 4) is 0 Å². The third-order valence-corrected chi connectivity index (χ3v) is 5.93. The molecule has 1 aromatic heterocycles. The molecule has 5 nitrogen and oxygen atoms in total. The molecule has 0 radical (unpaired) electrons. The Labute approximate surface area is 133 Å². The van der Waals surface area contributed by atoms with Crippen LogP contribution < -0.4 is 5.32 Å². The van der Waals surface area contributed by atoms with E-state index in [1.807, 2.05) is 0 Å². The highest BCUT2D eigenvalue weighted by atomic mass is 32.2. The summed E-state index contributed by atoms with van der Waals surface area (Å²) in [5.41, 5.74) is 1.44. The Bertz CT molecular complexity index is 880. The fourth-order valence-electron chi connectivity index (χ4n) is 2.83. The summed E-state index contributed by atoms with van der Waals surface area (Å²) in [6.07, 6.45) is 0.580. The van der Waals surface area contributed by atoms with Crippen LogP contribution in [0.3, 0.4) is 0 Å². The molecule has 2 aromatic rings. The molecule has 7 heteroatoms. The van der Waals surface area contributed by atoms with Crippen LogP contribution >= 0.6 is 0 Å². The van der Waals surface area contributed by atoms with E-state index >= 15 is 0 Å². The topological polar surface area (TPSA) is 76.1 Å². The lowest BCUT2D eigenvalue weighted by Crippen LogP contribution is -2.30. The molecule has 1 aromatic carbocycles. The van der Waals surface area contributed by atoms with E-state index in [2.05, 4.69) is 10.3 Å². The third kappa shape index (κ3) is 3.50. The normalized spacial score (nSPS) is 19.8. The number of benzene rings is 1. The Kier molecular flexibility index (Phi) is 4.06. The zero-order valence-electron chi connectivity index (χ0n) is 12.7. The monoisotopic (exact) mass is 336 g/mol. The van der Waals surface area contributed by atoms with E-state index < -0.39 is 9.84 Å². The molecular weight excluding hydrogens is 319 g/mol. The molecule has 2 heterocycles. The van der Waals surface area contributed by atoms with E-state index in [9.17, 15) is 17.6 Å². The molecule has 1 N–H and O–H groups in total. The van der Waals surface area contributed by atoms with Gasteiger partial charge in [-0.15, -0.1) is 0 Å². The molecule has 0 saturated carbocycles. The fraction of sp³-hybridized carbons (Fsp3) is 0.375. The number of carbonyl (C=O) groups is 1. The average molecular weight is 336 g/mol. The van der Waals surface area contributed by atoms with Gasteiger partial charge in [0.25, 0.3) is 5.91 Å². The molecule has 1 amide bonds. The van der Waals surface area contributed by atoms with Gasteiger partial charge in [-0.05, 0) is 37.5 Å². The van der Waals surface area contributed by atoms with Crippen molar-refractivity contribution in [3.63, 3.8) is 0 Å². The van der Waals surface area contributed by atoms with E-state index in [4.69, 9.17) is 0 Å². The first-order valence-electron chi connectivity index (χ1n) is 7.39. The van der Waals surface area contributed by atoms with Crippen molar-refractivity contribution < 1.29 is 17.6 Å². The summed E-state index contributed by atoms with van der Waals surface area (Å²) >= 11 is 0. The number of hydrogen-bond acceptors (Lipinski definition) is 4. The molecule has 1 atom stereocenters. The fourth-order valence-corrected chi connectivity index (χ4v) is 4.69. The lowest BCUT2D eigenvalue weighted by Gasteiger charge is -2.11. The predicted molar refractivity (Wildman–Crippen MR) is 85.5 cm³/mol. The minimum absolute atomic E-state index is 0.0354. The summed E-state index contributed by atoms with van der Waals surface area (Å²) in [7, 11) is -2.95. The van der Waals surface area contributed by atoms with Crippen molar-refractivity contribution in [1.29, 1.82) is 0 Å². The first-order chi connectivity index (χ1) is 10.8. The second-order valence-electron chi connectivity index (χ2n) is 5.94. The highest BCUT2D eigenvalue weighted by molar-refractivity contribution is 7.91. The Balaban J connectivity index is 1.76. The molecule has 0 aliphatic carbocycles. The van der Waals surface area contributed by atoms with Crippen LogP contribution in [0.15, 0.2) is 24.3 Å². The molecule has 3 rings (SSSR count). The van der Waals surface area contributed by atoms with Gasteiger partial charge >= 0.3 is 0 Å². The van der Waals surface area contributed by atoms with Crippen LogP contribution in [0.25, 0.3) is 10.9 Å². The van der Waals surface area contributed by atoms with Gasteiger partial charge in [-0.25, -0.2) is 12.8 Å². The van der Waals surface area contributed by atoms with Gasteiger partial charge in [0.15, 0.2) is 9.84 Å². The summed E-state index contributed by atoms with van der Waals surface area (Å²) in [5, 5.41) is 3.46. The maximum Gasteiger partial charge on any atom is 0.253 e. The van der Waals surface area contributed by atoms with E-state index in [0.717, 1.165) is 0 Å². The summed E-state index contributed by atoms with van der Waals surface area (Å²) in [6.45, 7) is 2.03. The zero-order valence-corrected chi connectivity index (χ0v) is 13.5. The number of nitrogens with one attached hydrogen (secondary N) is 1. The van der Waals surface area contributed by atoms with Gasteiger partial charge in [-0.1, -0.05) is 0 Å². The lowest BCUT2D eigenvalue weighted by molar-refractivity contribution is 0.0947. The maximum atomic E-state index is 13.2. The Morgan fingerprint density at radius 1 is 1.39 bits per heavy atom. The molecule has 1 aliphatic heterocycles. The average Bonchev–Trinajstić information content (AvgIpc) is 2.83. The largest absolute Gasteiger partial charge is 0.352 e. The van der Waals surface area contributed by atoms with Crippen LogP contribution in [-0.2, 0) is 9.84 Å². The van der Waals surface area contributed by atoms with Crippen LogP contribution in [0.4, 0.5) is 4.39 Å². The van der Waals surface area contributed by atoms with Gasteiger partial charge in [-0.2, -0.15) is 0 Å². The molecule has 0 spiro atoms. The van der Waals surface area contributed by atoms with Gasteiger partial charge < -0.3 is 5.32 Å². The first kappa shape index (κ1) is 15.9. The third-order valence-electron chi connectivity index (χ3n) is 4.09. The number of pyridine rings is 1. The number of rotatable bonds is 3. The predicted octanol–water partition coefficient (Wildman–Crippen LogP) is 1.85. The van der Waals surface area contributed by atoms with E-state index in [-0.39, 0.29) is 29.1 Å². The van der Waals surface area contributed by atoms with E-state index in [1.165, 1.54) is 12.1 Å². The summed E-state index contributed by atoms with van der Waals surface area (Å²) in [4.78, 5) is 16.6. The number of halogens is 1. The maximum absolute atomic E-state index is 13.2. The number of carbonyl (C=O) groups excluding carboxylic acids is 1. The van der Waals surface area contributed by atoms with Gasteiger partial charge in [0.2, 0.25) is 0 Å². The lowest BCUT2D eigenvalue weighted by atomic mass is 10.1. The Morgan fingerprint density at radius 2 is 2.17 bits per heavy atom. The highest BCUT2D eigenvalue weighted by Gasteiger charge is 2.28. The number of hydrogen-bond donors (Lipinski definition) is 1. The molecular formula is C16H17FN2O3S. The van der Waals surface area contributed by atoms with Crippen LogP contribution in [0.1, 0.15) is 22.5 Å². The quantitative estimate of drug-likeness (QED) is 0.928. The zero-order chi connectivity index (χ0) is 16.6. The van der Waals surface area contributed by atoms with Crippen LogP contribution in [-0.4, -0.2) is 37.4 Å². The number of sulfone groups is 1. The van der Waals surface area contributed by atoms with Crippen molar-refractivity contribution in [1.82, 2.24) is 10.3 Å². The highest BCUT2D eigenvalue weighted by Crippen LogP contribution is 2.19. The molecule has 23 heavy (non-hydrogen) atoms. The number of aryl methyl sites for hydroxylation is 1. The van der Waals surface area contributed by atoms with E-state index in [0.29, 0.717) is 35.1 Å². The Hall–Kier alpha value is -2.02. The molecule has 1 saturated heterocycles. The first-order valence-corrected chi connectivity index (χ1v) is 9.22. The molecule has 1 fully saturated rings. The smallest absolute Gasteiger partial charge is 0.253 e.